The highest BCUT2D eigenvalue weighted by Crippen LogP contribution is 2.19. The van der Waals surface area contributed by atoms with Crippen LogP contribution in [-0.2, 0) is 21.3 Å². The number of piperazine rings is 1. The van der Waals surface area contributed by atoms with Gasteiger partial charge in [-0.15, -0.1) is 0 Å². The van der Waals surface area contributed by atoms with Crippen molar-refractivity contribution in [2.45, 2.75) is 11.4 Å². The minimum absolute atomic E-state index is 0.205. The summed E-state index contributed by atoms with van der Waals surface area (Å²) in [4.78, 5) is 18.8. The highest BCUT2D eigenvalue weighted by atomic mass is 32.2. The number of benzene rings is 1. The standard InChI is InChI=1S/C22H26N4O5S/c1-30-13-12-25-8-10-26(11-9-25)32(28,29)19-4-2-17(3-5-19)15-24-22(27)20-14-18-6-7-23-16-21(18)31-20/h2-7,14,16H,8-13,15H2,1H3,(H,24,27). The Bertz CT molecular complexity index is 1140. The number of sulfonamides is 1. The predicted octanol–water partition coefficient (Wildman–Crippen LogP) is 1.71. The van der Waals surface area contributed by atoms with Crippen molar-refractivity contribution < 1.29 is 22.4 Å². The predicted molar refractivity (Wildman–Crippen MR) is 119 cm³/mol. The van der Waals surface area contributed by atoms with Crippen LogP contribution in [0.4, 0.5) is 0 Å². The summed E-state index contributed by atoms with van der Waals surface area (Å²) in [6.45, 7) is 3.98. The molecule has 0 saturated carbocycles. The van der Waals surface area contributed by atoms with Crippen molar-refractivity contribution >= 4 is 26.9 Å². The SMILES string of the molecule is COCCN1CCN(S(=O)(=O)c2ccc(CNC(=O)c3cc4ccncc4o3)cc2)CC1. The summed E-state index contributed by atoms with van der Waals surface area (Å²) in [6, 6.07) is 10.0. The zero-order valence-corrected chi connectivity index (χ0v) is 18.7. The molecule has 0 radical (unpaired) electrons. The van der Waals surface area contributed by atoms with Crippen molar-refractivity contribution in [3.05, 3.63) is 60.1 Å². The fourth-order valence-electron chi connectivity index (χ4n) is 3.61. The van der Waals surface area contributed by atoms with E-state index in [-0.39, 0.29) is 23.1 Å². The number of pyridine rings is 1. The molecule has 4 rings (SSSR count). The van der Waals surface area contributed by atoms with Crippen molar-refractivity contribution in [1.29, 1.82) is 0 Å². The van der Waals surface area contributed by atoms with E-state index >= 15 is 0 Å². The molecule has 1 fully saturated rings. The van der Waals surface area contributed by atoms with Gasteiger partial charge in [0.25, 0.3) is 5.91 Å². The van der Waals surface area contributed by atoms with Crippen LogP contribution in [0.5, 0.6) is 0 Å². The highest BCUT2D eigenvalue weighted by molar-refractivity contribution is 7.89. The molecule has 9 nitrogen and oxygen atoms in total. The Morgan fingerprint density at radius 3 is 2.59 bits per heavy atom. The van der Waals surface area contributed by atoms with Crippen LogP contribution >= 0.6 is 0 Å². The summed E-state index contributed by atoms with van der Waals surface area (Å²) in [5.41, 5.74) is 1.34. The number of carbonyl (C=O) groups excluding carboxylic acids is 1. The van der Waals surface area contributed by atoms with Gasteiger partial charge in [0.2, 0.25) is 10.0 Å². The zero-order chi connectivity index (χ0) is 22.6. The second kappa shape index (κ2) is 9.78. The van der Waals surface area contributed by atoms with Gasteiger partial charge in [-0.05, 0) is 29.8 Å². The van der Waals surface area contributed by atoms with Crippen molar-refractivity contribution in [1.82, 2.24) is 19.5 Å². The Hall–Kier alpha value is -2.79. The van der Waals surface area contributed by atoms with Gasteiger partial charge in [-0.1, -0.05) is 12.1 Å². The van der Waals surface area contributed by atoms with Gasteiger partial charge in [-0.2, -0.15) is 4.31 Å². The Labute approximate surface area is 187 Å². The van der Waals surface area contributed by atoms with Crippen molar-refractivity contribution in [2.24, 2.45) is 0 Å². The summed E-state index contributed by atoms with van der Waals surface area (Å²) in [5.74, 6) is -0.138. The van der Waals surface area contributed by atoms with Gasteiger partial charge >= 0.3 is 0 Å². The molecule has 1 saturated heterocycles. The molecular weight excluding hydrogens is 432 g/mol. The molecule has 32 heavy (non-hydrogen) atoms. The number of ether oxygens (including phenoxy) is 1. The summed E-state index contributed by atoms with van der Waals surface area (Å²) >= 11 is 0. The number of furan rings is 1. The lowest BCUT2D eigenvalue weighted by Gasteiger charge is -2.33. The molecule has 1 aliphatic heterocycles. The lowest BCUT2D eigenvalue weighted by atomic mass is 10.2. The van der Waals surface area contributed by atoms with Gasteiger partial charge < -0.3 is 14.5 Å². The Morgan fingerprint density at radius 1 is 1.16 bits per heavy atom. The molecule has 0 unspecified atom stereocenters. The minimum Gasteiger partial charge on any atom is -0.449 e. The van der Waals surface area contributed by atoms with Crippen LogP contribution in [0.25, 0.3) is 11.0 Å². The third-order valence-corrected chi connectivity index (χ3v) is 7.42. The Balaban J connectivity index is 1.34. The fourth-order valence-corrected chi connectivity index (χ4v) is 5.03. The van der Waals surface area contributed by atoms with Gasteiger partial charge in [0, 0.05) is 58.0 Å². The molecule has 1 N–H and O–H groups in total. The first kappa shape index (κ1) is 22.4. The lowest BCUT2D eigenvalue weighted by molar-refractivity contribution is 0.0925. The first-order chi connectivity index (χ1) is 15.5. The van der Waals surface area contributed by atoms with Gasteiger partial charge in [0.1, 0.15) is 0 Å². The molecule has 0 spiro atoms. The third kappa shape index (κ3) is 4.99. The fraction of sp³-hybridized carbons (Fsp3) is 0.364. The molecule has 3 aromatic rings. The molecule has 0 atom stereocenters. The van der Waals surface area contributed by atoms with E-state index in [0.29, 0.717) is 38.4 Å². The molecule has 0 aliphatic carbocycles. The molecule has 1 amide bonds. The molecule has 3 heterocycles. The van der Waals surface area contributed by atoms with Crippen LogP contribution < -0.4 is 5.32 Å². The largest absolute Gasteiger partial charge is 0.449 e. The smallest absolute Gasteiger partial charge is 0.287 e. The number of hydrogen-bond donors (Lipinski definition) is 1. The number of methoxy groups -OCH3 is 1. The molecule has 2 aromatic heterocycles. The Kier molecular flexibility index (Phi) is 6.85. The van der Waals surface area contributed by atoms with Crippen LogP contribution in [-0.4, -0.2) is 75.0 Å². The Morgan fingerprint density at radius 2 is 1.91 bits per heavy atom. The number of hydrogen-bond acceptors (Lipinski definition) is 7. The third-order valence-electron chi connectivity index (χ3n) is 5.50. The second-order valence-electron chi connectivity index (χ2n) is 7.59. The number of aromatic nitrogens is 1. The van der Waals surface area contributed by atoms with Gasteiger partial charge in [0.05, 0.1) is 17.7 Å². The van der Waals surface area contributed by atoms with Gasteiger partial charge in [0.15, 0.2) is 11.3 Å². The molecule has 1 aliphatic rings. The normalized spacial score (nSPS) is 15.8. The molecule has 10 heteroatoms. The summed E-state index contributed by atoms with van der Waals surface area (Å²) in [6.07, 6.45) is 3.20. The maximum atomic E-state index is 13.0. The van der Waals surface area contributed by atoms with E-state index in [9.17, 15) is 13.2 Å². The van der Waals surface area contributed by atoms with Crippen molar-refractivity contribution in [3.63, 3.8) is 0 Å². The number of carbonyl (C=O) groups is 1. The van der Waals surface area contributed by atoms with E-state index < -0.39 is 10.0 Å². The summed E-state index contributed by atoms with van der Waals surface area (Å²) < 4.78 is 38.0. The van der Waals surface area contributed by atoms with E-state index in [1.54, 1.807) is 55.9 Å². The van der Waals surface area contributed by atoms with Crippen LogP contribution in [0.2, 0.25) is 0 Å². The number of nitrogens with one attached hydrogen (secondary N) is 1. The monoisotopic (exact) mass is 458 g/mol. The van der Waals surface area contributed by atoms with E-state index in [4.69, 9.17) is 9.15 Å². The number of amides is 1. The molecule has 0 bridgehead atoms. The average Bonchev–Trinajstić information content (AvgIpc) is 3.26. The molecule has 170 valence electrons. The van der Waals surface area contributed by atoms with Gasteiger partial charge in [-0.3, -0.25) is 14.7 Å². The number of rotatable bonds is 8. The van der Waals surface area contributed by atoms with E-state index in [2.05, 4.69) is 15.2 Å². The minimum atomic E-state index is -3.54. The number of nitrogens with zero attached hydrogens (tertiary/aromatic N) is 3. The average molecular weight is 459 g/mol. The quantitative estimate of drug-likeness (QED) is 0.548. The second-order valence-corrected chi connectivity index (χ2v) is 9.53. The van der Waals surface area contributed by atoms with E-state index in [1.165, 1.54) is 4.31 Å². The van der Waals surface area contributed by atoms with E-state index in [0.717, 1.165) is 17.5 Å². The van der Waals surface area contributed by atoms with Crippen LogP contribution in [0.3, 0.4) is 0 Å². The maximum absolute atomic E-state index is 13.0. The highest BCUT2D eigenvalue weighted by Gasteiger charge is 2.28. The number of fused-ring (bicyclic) bond motifs is 1. The lowest BCUT2D eigenvalue weighted by Crippen LogP contribution is -2.49. The summed E-state index contributed by atoms with van der Waals surface area (Å²) in [5, 5.41) is 3.60. The topological polar surface area (TPSA) is 105 Å². The van der Waals surface area contributed by atoms with Crippen molar-refractivity contribution in [3.8, 4) is 0 Å². The zero-order valence-electron chi connectivity index (χ0n) is 17.9. The van der Waals surface area contributed by atoms with Crippen LogP contribution in [0, 0.1) is 0 Å². The first-order valence-corrected chi connectivity index (χ1v) is 11.8. The van der Waals surface area contributed by atoms with Crippen LogP contribution in [0.15, 0.2) is 58.1 Å². The first-order valence-electron chi connectivity index (χ1n) is 10.4. The molecule has 1 aromatic carbocycles. The van der Waals surface area contributed by atoms with E-state index in [1.807, 2.05) is 0 Å². The molecular formula is C22H26N4O5S. The van der Waals surface area contributed by atoms with Crippen LogP contribution in [0.1, 0.15) is 16.1 Å². The van der Waals surface area contributed by atoms with Crippen molar-refractivity contribution in [2.75, 3.05) is 46.4 Å². The maximum Gasteiger partial charge on any atom is 0.287 e. The van der Waals surface area contributed by atoms with Gasteiger partial charge in [-0.25, -0.2) is 8.42 Å². The summed E-state index contributed by atoms with van der Waals surface area (Å²) in [7, 11) is -1.89.